The molecule has 0 bridgehead atoms. The lowest BCUT2D eigenvalue weighted by Crippen LogP contribution is -2.69. The summed E-state index contributed by atoms with van der Waals surface area (Å²) >= 11 is 0. The molecule has 1 unspecified atom stereocenters. The molecule has 0 radical (unpaired) electrons. The maximum Gasteiger partial charge on any atom is 0.262 e. The molecule has 1 aromatic carbocycles. The molecule has 0 aromatic heterocycles. The van der Waals surface area contributed by atoms with Crippen LogP contribution in [0.1, 0.15) is 45.5 Å². The van der Waals surface area contributed by atoms with Crippen LogP contribution in [0.4, 0.5) is 0 Å². The Morgan fingerprint density at radius 2 is 1.83 bits per heavy atom. The normalized spacial score (nSPS) is 25.9. The second kappa shape index (κ2) is 6.60. The molecule has 2 saturated heterocycles. The summed E-state index contributed by atoms with van der Waals surface area (Å²) in [6, 6.07) is 4.41. The van der Waals surface area contributed by atoms with Gasteiger partial charge in [0.15, 0.2) is 0 Å². The lowest BCUT2D eigenvalue weighted by Gasteiger charge is -2.52. The molecule has 150 valence electrons. The third-order valence-electron chi connectivity index (χ3n) is 6.45. The average molecular weight is 394 g/mol. The fraction of sp³-hybridized carbons (Fsp3) is 0.429. The van der Waals surface area contributed by atoms with Crippen molar-refractivity contribution < 1.29 is 19.2 Å². The Morgan fingerprint density at radius 1 is 1.03 bits per heavy atom. The number of carbonyl (C=O) groups is 4. The summed E-state index contributed by atoms with van der Waals surface area (Å²) in [6.07, 6.45) is 5.67. The van der Waals surface area contributed by atoms with E-state index >= 15 is 0 Å². The number of amides is 4. The molecule has 4 aliphatic rings. The summed E-state index contributed by atoms with van der Waals surface area (Å²) in [7, 11) is 0. The van der Waals surface area contributed by atoms with E-state index in [1.807, 2.05) is 6.07 Å². The van der Waals surface area contributed by atoms with Gasteiger partial charge in [0.2, 0.25) is 11.8 Å². The molecule has 0 aliphatic carbocycles. The molecule has 1 aromatic rings. The highest BCUT2D eigenvalue weighted by Crippen LogP contribution is 2.32. The number of hydrogen-bond donors (Lipinski definition) is 2. The zero-order valence-electron chi connectivity index (χ0n) is 15.9. The SMILES string of the molecule is O=C1CCC(N2C(=O)c3ccc(CN4CC=CCC45CNC5)cc3C2=O)C(=O)N1. The van der Waals surface area contributed by atoms with Gasteiger partial charge in [-0.3, -0.25) is 34.3 Å². The van der Waals surface area contributed by atoms with Gasteiger partial charge in [-0.25, -0.2) is 0 Å². The van der Waals surface area contributed by atoms with E-state index in [0.29, 0.717) is 17.7 Å². The van der Waals surface area contributed by atoms with Crippen molar-refractivity contribution in [3.05, 3.63) is 47.0 Å². The van der Waals surface area contributed by atoms with Crippen LogP contribution >= 0.6 is 0 Å². The molecule has 4 aliphatic heterocycles. The third-order valence-corrected chi connectivity index (χ3v) is 6.45. The van der Waals surface area contributed by atoms with Crippen LogP contribution in [0.15, 0.2) is 30.4 Å². The van der Waals surface area contributed by atoms with Crippen molar-refractivity contribution in [1.29, 1.82) is 0 Å². The lowest BCUT2D eigenvalue weighted by atomic mass is 9.83. The summed E-state index contributed by atoms with van der Waals surface area (Å²) in [5, 5.41) is 5.57. The minimum Gasteiger partial charge on any atom is -0.313 e. The Balaban J connectivity index is 1.39. The zero-order chi connectivity index (χ0) is 20.2. The van der Waals surface area contributed by atoms with E-state index in [4.69, 9.17) is 0 Å². The van der Waals surface area contributed by atoms with E-state index in [9.17, 15) is 19.2 Å². The van der Waals surface area contributed by atoms with E-state index < -0.39 is 23.8 Å². The standard InChI is InChI=1S/C21H22N4O4/c26-17-6-5-16(18(27)23-17)25-19(28)14-4-3-13(9-15(14)20(25)29)10-24-8-2-1-7-21(24)11-22-12-21/h1-4,9,16,22H,5-8,10-12H2,(H,23,26,27). The maximum absolute atomic E-state index is 13.0. The molecule has 5 rings (SSSR count). The third kappa shape index (κ3) is 2.82. The minimum atomic E-state index is -0.930. The van der Waals surface area contributed by atoms with Crippen LogP contribution < -0.4 is 10.6 Å². The summed E-state index contributed by atoms with van der Waals surface area (Å²) in [6.45, 7) is 3.44. The van der Waals surface area contributed by atoms with E-state index in [1.165, 1.54) is 0 Å². The zero-order valence-corrected chi connectivity index (χ0v) is 15.9. The number of benzene rings is 1. The molecule has 4 amide bonds. The van der Waals surface area contributed by atoms with Gasteiger partial charge in [-0.15, -0.1) is 0 Å². The molecule has 1 atom stereocenters. The highest BCUT2D eigenvalue weighted by atomic mass is 16.2. The number of hydrogen-bond acceptors (Lipinski definition) is 6. The molecule has 8 heteroatoms. The van der Waals surface area contributed by atoms with Gasteiger partial charge in [0, 0.05) is 38.1 Å². The van der Waals surface area contributed by atoms with Crippen LogP contribution in [0, 0.1) is 0 Å². The molecule has 2 N–H and O–H groups in total. The van der Waals surface area contributed by atoms with Crippen molar-refractivity contribution in [1.82, 2.24) is 20.4 Å². The van der Waals surface area contributed by atoms with Crippen LogP contribution in [-0.4, -0.2) is 64.6 Å². The van der Waals surface area contributed by atoms with Crippen LogP contribution in [0.5, 0.6) is 0 Å². The molecular formula is C21H22N4O4. The van der Waals surface area contributed by atoms with E-state index in [1.54, 1.807) is 12.1 Å². The van der Waals surface area contributed by atoms with Gasteiger partial charge < -0.3 is 5.32 Å². The van der Waals surface area contributed by atoms with Gasteiger partial charge >= 0.3 is 0 Å². The van der Waals surface area contributed by atoms with E-state index in [2.05, 4.69) is 27.7 Å². The summed E-state index contributed by atoms with van der Waals surface area (Å²) in [5.41, 5.74) is 1.76. The Hall–Kier alpha value is -2.84. The number of imide groups is 2. The monoisotopic (exact) mass is 394 g/mol. The van der Waals surface area contributed by atoms with Crippen molar-refractivity contribution in [2.24, 2.45) is 0 Å². The van der Waals surface area contributed by atoms with Crippen LogP contribution in [0.25, 0.3) is 0 Å². The maximum atomic E-state index is 13.0. The molecule has 4 heterocycles. The van der Waals surface area contributed by atoms with Gasteiger partial charge in [-0.2, -0.15) is 0 Å². The largest absolute Gasteiger partial charge is 0.313 e. The first kappa shape index (κ1) is 18.2. The highest BCUT2D eigenvalue weighted by molar-refractivity contribution is 6.23. The predicted molar refractivity (Wildman–Crippen MR) is 103 cm³/mol. The number of piperidine rings is 1. The van der Waals surface area contributed by atoms with Crippen LogP contribution in [0.2, 0.25) is 0 Å². The van der Waals surface area contributed by atoms with Gasteiger partial charge in [0.25, 0.3) is 11.8 Å². The number of fused-ring (bicyclic) bond motifs is 1. The molecule has 1 spiro atoms. The van der Waals surface area contributed by atoms with E-state index in [-0.39, 0.29) is 24.3 Å². The highest BCUT2D eigenvalue weighted by Gasteiger charge is 2.45. The van der Waals surface area contributed by atoms with Gasteiger partial charge in [0.05, 0.1) is 11.1 Å². The van der Waals surface area contributed by atoms with Crippen molar-refractivity contribution in [2.45, 2.75) is 37.4 Å². The van der Waals surface area contributed by atoms with Crippen LogP contribution in [0.3, 0.4) is 0 Å². The van der Waals surface area contributed by atoms with Gasteiger partial charge in [0.1, 0.15) is 6.04 Å². The van der Waals surface area contributed by atoms with Crippen molar-refractivity contribution >= 4 is 23.6 Å². The Bertz CT molecular complexity index is 965. The summed E-state index contributed by atoms with van der Waals surface area (Å²) in [5.74, 6) is -1.89. The van der Waals surface area contributed by atoms with Crippen molar-refractivity contribution in [2.75, 3.05) is 19.6 Å². The quantitative estimate of drug-likeness (QED) is 0.561. The first-order chi connectivity index (χ1) is 14.0. The Morgan fingerprint density at radius 3 is 2.55 bits per heavy atom. The smallest absolute Gasteiger partial charge is 0.262 e. The Labute approximate surface area is 167 Å². The first-order valence-electron chi connectivity index (χ1n) is 9.94. The molecular weight excluding hydrogens is 372 g/mol. The molecule has 8 nitrogen and oxygen atoms in total. The molecule has 2 fully saturated rings. The minimum absolute atomic E-state index is 0.119. The molecule has 29 heavy (non-hydrogen) atoms. The van der Waals surface area contributed by atoms with Gasteiger partial charge in [-0.05, 0) is 30.5 Å². The van der Waals surface area contributed by atoms with Gasteiger partial charge in [-0.1, -0.05) is 18.2 Å². The number of carbonyl (C=O) groups excluding carboxylic acids is 4. The van der Waals surface area contributed by atoms with E-state index in [0.717, 1.165) is 36.5 Å². The summed E-state index contributed by atoms with van der Waals surface area (Å²) < 4.78 is 0. The lowest BCUT2D eigenvalue weighted by molar-refractivity contribution is -0.136. The second-order valence-electron chi connectivity index (χ2n) is 8.21. The summed E-state index contributed by atoms with van der Waals surface area (Å²) in [4.78, 5) is 52.8. The average Bonchev–Trinajstić information content (AvgIpc) is 2.92. The second-order valence-corrected chi connectivity index (χ2v) is 8.21. The predicted octanol–water partition coefficient (Wildman–Crippen LogP) is 0.192. The fourth-order valence-corrected chi connectivity index (χ4v) is 4.68. The number of nitrogens with one attached hydrogen (secondary N) is 2. The fourth-order valence-electron chi connectivity index (χ4n) is 4.68. The number of rotatable bonds is 3. The Kier molecular flexibility index (Phi) is 4.15. The van der Waals surface area contributed by atoms with Crippen LogP contribution in [-0.2, 0) is 16.1 Å². The molecule has 0 saturated carbocycles. The topological polar surface area (TPSA) is 98.8 Å². The van der Waals surface area contributed by atoms with Crippen molar-refractivity contribution in [3.8, 4) is 0 Å². The van der Waals surface area contributed by atoms with Crippen molar-refractivity contribution in [3.63, 3.8) is 0 Å². The number of nitrogens with zero attached hydrogens (tertiary/aromatic N) is 2. The first-order valence-corrected chi connectivity index (χ1v) is 9.94.